The molecule has 0 spiro atoms. The van der Waals surface area contributed by atoms with Gasteiger partial charge in [0.1, 0.15) is 40.5 Å². The second kappa shape index (κ2) is 9.33. The van der Waals surface area contributed by atoms with Crippen LogP contribution >= 0.6 is 23.4 Å². The first kappa shape index (κ1) is 23.0. The summed E-state index contributed by atoms with van der Waals surface area (Å²) in [6.45, 7) is -0.555. The Morgan fingerprint density at radius 1 is 1.12 bits per heavy atom. The van der Waals surface area contributed by atoms with E-state index in [9.17, 15) is 28.5 Å². The van der Waals surface area contributed by atoms with E-state index in [0.717, 1.165) is 28.6 Å². The van der Waals surface area contributed by atoms with E-state index in [1.54, 1.807) is 12.1 Å². The van der Waals surface area contributed by atoms with Crippen LogP contribution in [-0.4, -0.2) is 65.7 Å². The topological polar surface area (TPSA) is 114 Å². The third-order valence-electron chi connectivity index (χ3n) is 4.88. The van der Waals surface area contributed by atoms with Crippen molar-refractivity contribution in [1.29, 1.82) is 0 Å². The fourth-order valence-corrected chi connectivity index (χ4v) is 4.58. The number of pyridine rings is 1. The molecule has 0 radical (unpaired) electrons. The molecule has 8 nitrogen and oxygen atoms in total. The smallest absolute Gasteiger partial charge is 0.194 e. The van der Waals surface area contributed by atoms with E-state index in [1.807, 2.05) is 0 Å². The predicted octanol–water partition coefficient (Wildman–Crippen LogP) is 2.18. The van der Waals surface area contributed by atoms with Crippen molar-refractivity contribution in [1.82, 2.24) is 20.0 Å². The van der Waals surface area contributed by atoms with E-state index in [0.29, 0.717) is 10.0 Å². The van der Waals surface area contributed by atoms with Crippen LogP contribution < -0.4 is 0 Å². The zero-order valence-electron chi connectivity index (χ0n) is 16.0. The van der Waals surface area contributed by atoms with Crippen LogP contribution in [0.25, 0.3) is 11.3 Å². The van der Waals surface area contributed by atoms with Crippen LogP contribution in [0.1, 0.15) is 6.04 Å². The molecule has 13 heteroatoms. The Bertz CT molecular complexity index is 1100. The molecular weight excluding hydrogens is 473 g/mol. The Morgan fingerprint density at radius 2 is 1.84 bits per heavy atom. The highest BCUT2D eigenvalue weighted by Crippen LogP contribution is 2.38. The van der Waals surface area contributed by atoms with Gasteiger partial charge in [-0.3, -0.25) is 0 Å². The van der Waals surface area contributed by atoms with Gasteiger partial charge in [-0.1, -0.05) is 28.6 Å². The minimum absolute atomic E-state index is 0.0186. The van der Waals surface area contributed by atoms with Crippen molar-refractivity contribution in [2.24, 2.45) is 0 Å². The highest BCUT2D eigenvalue weighted by atomic mass is 35.5. The minimum atomic E-state index is -1.61. The number of hydrogen-bond acceptors (Lipinski definition) is 8. The van der Waals surface area contributed by atoms with Crippen molar-refractivity contribution in [2.75, 3.05) is 6.61 Å². The maximum Gasteiger partial charge on any atom is 0.194 e. The third-order valence-corrected chi connectivity index (χ3v) is 6.20. The Balaban J connectivity index is 1.64. The van der Waals surface area contributed by atoms with Gasteiger partial charge in [0.05, 0.1) is 12.8 Å². The molecule has 2 aromatic heterocycles. The van der Waals surface area contributed by atoms with Crippen molar-refractivity contribution in [3.05, 3.63) is 59.1 Å². The molecule has 32 heavy (non-hydrogen) atoms. The molecule has 1 saturated heterocycles. The summed E-state index contributed by atoms with van der Waals surface area (Å²) in [7, 11) is 0. The molecule has 1 aromatic carbocycles. The summed E-state index contributed by atoms with van der Waals surface area (Å²) < 4.78 is 47.1. The molecule has 5 atom stereocenters. The number of rotatable bonds is 5. The molecule has 0 bridgehead atoms. The number of halogens is 4. The molecule has 4 rings (SSSR count). The number of aliphatic hydroxyl groups is 3. The summed E-state index contributed by atoms with van der Waals surface area (Å²) in [6.07, 6.45) is -1.11. The fourth-order valence-electron chi connectivity index (χ4n) is 3.30. The number of nitrogens with zero attached hydrogens (tertiary/aromatic N) is 4. The molecule has 3 heterocycles. The predicted molar refractivity (Wildman–Crippen MR) is 107 cm³/mol. The molecular formula is C19H16ClF3N4O4S. The Kier molecular flexibility index (Phi) is 6.70. The Labute approximate surface area is 188 Å². The summed E-state index contributed by atoms with van der Waals surface area (Å²) in [5, 5.41) is 39.7. The first-order chi connectivity index (χ1) is 15.3. The van der Waals surface area contributed by atoms with Crippen molar-refractivity contribution < 1.29 is 33.2 Å². The lowest BCUT2D eigenvalue weighted by molar-refractivity contribution is -0.178. The van der Waals surface area contributed by atoms with Gasteiger partial charge < -0.3 is 20.1 Å². The van der Waals surface area contributed by atoms with Gasteiger partial charge in [-0.25, -0.2) is 22.8 Å². The Hall–Kier alpha value is -2.22. The molecule has 0 saturated carbocycles. The Morgan fingerprint density at radius 3 is 2.50 bits per heavy atom. The molecule has 1 aliphatic heterocycles. The van der Waals surface area contributed by atoms with Crippen molar-refractivity contribution in [3.63, 3.8) is 0 Å². The van der Waals surface area contributed by atoms with Crippen molar-refractivity contribution in [2.45, 2.75) is 34.8 Å². The first-order valence-corrected chi connectivity index (χ1v) is 10.5. The van der Waals surface area contributed by atoms with E-state index in [1.165, 1.54) is 12.4 Å². The summed E-state index contributed by atoms with van der Waals surface area (Å²) >= 11 is 6.98. The zero-order valence-corrected chi connectivity index (χ0v) is 17.6. The van der Waals surface area contributed by atoms with Crippen LogP contribution in [0.15, 0.2) is 41.7 Å². The average Bonchev–Trinajstić information content (AvgIpc) is 3.23. The van der Waals surface area contributed by atoms with Gasteiger partial charge in [0.2, 0.25) is 0 Å². The van der Waals surface area contributed by atoms with E-state index in [4.69, 9.17) is 16.3 Å². The number of aliphatic hydroxyl groups excluding tert-OH is 3. The average molecular weight is 489 g/mol. The SMILES string of the molecule is OCC1O[C@H](Sc2cc(Cl)ccn2)C(O)[C@@H](n2cc(-c3cc(F)c(F)c(F)c3)nn2)[C@H]1O. The number of benzene rings is 1. The standard InChI is InChI=1S/C19H16ClF3N4O4S/c20-9-1-2-24-14(5-9)32-19-18(30)16(17(29)13(7-28)31-19)27-6-12(25-26-27)8-3-10(21)15(23)11(22)4-8/h1-6,13,16-19,28-30H,7H2/t13?,16-,17-,18?,19+/m0/s1. The number of hydrogen-bond donors (Lipinski definition) is 3. The zero-order chi connectivity index (χ0) is 23.0. The van der Waals surface area contributed by atoms with Crippen LogP contribution in [0.4, 0.5) is 13.2 Å². The van der Waals surface area contributed by atoms with Crippen LogP contribution in [0, 0.1) is 17.5 Å². The molecule has 3 N–H and O–H groups in total. The van der Waals surface area contributed by atoms with E-state index >= 15 is 0 Å². The normalized spacial score (nSPS) is 25.8. The lowest BCUT2D eigenvalue weighted by atomic mass is 9.97. The molecule has 0 amide bonds. The van der Waals surface area contributed by atoms with E-state index < -0.39 is 53.8 Å². The summed E-state index contributed by atoms with van der Waals surface area (Å²) in [4.78, 5) is 4.13. The number of aromatic nitrogens is 4. The van der Waals surface area contributed by atoms with Gasteiger partial charge in [0.25, 0.3) is 0 Å². The van der Waals surface area contributed by atoms with Gasteiger partial charge in [0.15, 0.2) is 17.5 Å². The minimum Gasteiger partial charge on any atom is -0.394 e. The summed E-state index contributed by atoms with van der Waals surface area (Å²) in [6, 6.07) is 3.51. The van der Waals surface area contributed by atoms with Gasteiger partial charge in [-0.15, -0.1) is 5.10 Å². The van der Waals surface area contributed by atoms with Crippen LogP contribution in [0.3, 0.4) is 0 Å². The molecule has 1 fully saturated rings. The quantitative estimate of drug-likeness (QED) is 0.468. The van der Waals surface area contributed by atoms with Crippen LogP contribution in [0.5, 0.6) is 0 Å². The lowest BCUT2D eigenvalue weighted by Gasteiger charge is -2.41. The highest BCUT2D eigenvalue weighted by Gasteiger charge is 2.46. The van der Waals surface area contributed by atoms with Gasteiger partial charge >= 0.3 is 0 Å². The highest BCUT2D eigenvalue weighted by molar-refractivity contribution is 7.99. The van der Waals surface area contributed by atoms with Gasteiger partial charge in [0, 0.05) is 16.8 Å². The van der Waals surface area contributed by atoms with Crippen molar-refractivity contribution >= 4 is 23.4 Å². The maximum atomic E-state index is 13.6. The third kappa shape index (κ3) is 4.47. The second-order valence-corrected chi connectivity index (χ2v) is 8.52. The maximum absolute atomic E-state index is 13.6. The summed E-state index contributed by atoms with van der Waals surface area (Å²) in [5.74, 6) is -4.41. The molecule has 1 aliphatic rings. The molecule has 2 unspecified atom stereocenters. The second-order valence-electron chi connectivity index (χ2n) is 6.97. The van der Waals surface area contributed by atoms with Crippen molar-refractivity contribution in [3.8, 4) is 11.3 Å². The van der Waals surface area contributed by atoms with Gasteiger partial charge in [-0.05, 0) is 24.3 Å². The summed E-state index contributed by atoms with van der Waals surface area (Å²) in [5.41, 5.74) is -1.08. The lowest BCUT2D eigenvalue weighted by Crippen LogP contribution is -2.55. The van der Waals surface area contributed by atoms with Gasteiger partial charge in [-0.2, -0.15) is 0 Å². The monoisotopic (exact) mass is 488 g/mol. The number of ether oxygens (including phenoxy) is 1. The number of thioether (sulfide) groups is 1. The molecule has 3 aromatic rings. The largest absolute Gasteiger partial charge is 0.394 e. The van der Waals surface area contributed by atoms with E-state index in [-0.39, 0.29) is 11.3 Å². The van der Waals surface area contributed by atoms with Crippen LogP contribution in [-0.2, 0) is 4.74 Å². The van der Waals surface area contributed by atoms with Crippen LogP contribution in [0.2, 0.25) is 5.02 Å². The molecule has 0 aliphatic carbocycles. The molecule has 170 valence electrons. The first-order valence-electron chi connectivity index (χ1n) is 9.26. The van der Waals surface area contributed by atoms with E-state index in [2.05, 4.69) is 15.3 Å². The fraction of sp³-hybridized carbons (Fsp3) is 0.316.